The third kappa shape index (κ3) is 6.25. The highest BCUT2D eigenvalue weighted by Crippen LogP contribution is 2.48. The molecule has 0 saturated carbocycles. The van der Waals surface area contributed by atoms with E-state index in [4.69, 9.17) is 43.1 Å². The third-order valence-electron chi connectivity index (χ3n) is 9.75. The number of nitrogens with zero attached hydrogens (tertiary/aromatic N) is 2. The second kappa shape index (κ2) is 14.0. The van der Waals surface area contributed by atoms with Crippen LogP contribution < -0.4 is 19.9 Å². The number of hydrogen-bond donors (Lipinski definition) is 1. The van der Waals surface area contributed by atoms with Gasteiger partial charge in [-0.3, -0.25) is 14.6 Å². The highest BCUT2D eigenvalue weighted by atomic mass is 35.5. The number of amides is 1. The molecule has 0 bridgehead atoms. The quantitative estimate of drug-likeness (QED) is 0.257. The van der Waals surface area contributed by atoms with Crippen LogP contribution in [0.3, 0.4) is 0 Å². The maximum atomic E-state index is 13.5. The summed E-state index contributed by atoms with van der Waals surface area (Å²) in [5.41, 5.74) is 8.52. The van der Waals surface area contributed by atoms with Crippen molar-refractivity contribution >= 4 is 29.1 Å². The van der Waals surface area contributed by atoms with Gasteiger partial charge in [0.15, 0.2) is 11.5 Å². The first-order valence-electron chi connectivity index (χ1n) is 15.3. The van der Waals surface area contributed by atoms with E-state index in [1.165, 1.54) is 0 Å². The van der Waals surface area contributed by atoms with Gasteiger partial charge in [-0.05, 0) is 79.2 Å². The molecule has 2 aliphatic rings. The van der Waals surface area contributed by atoms with Gasteiger partial charge in [-0.15, -0.1) is 0 Å². The van der Waals surface area contributed by atoms with E-state index in [2.05, 4.69) is 16.7 Å². The molecule has 9 heteroatoms. The lowest BCUT2D eigenvalue weighted by atomic mass is 9.62. The van der Waals surface area contributed by atoms with Crippen LogP contribution in [0.4, 0.5) is 0 Å². The van der Waals surface area contributed by atoms with Gasteiger partial charge in [0, 0.05) is 31.6 Å². The lowest BCUT2D eigenvalue weighted by Gasteiger charge is -2.49. The summed E-state index contributed by atoms with van der Waals surface area (Å²) in [5, 5.41) is 0.982. The van der Waals surface area contributed by atoms with Gasteiger partial charge in [-0.1, -0.05) is 66.5 Å². The molecule has 0 radical (unpaired) electrons. The van der Waals surface area contributed by atoms with Crippen molar-refractivity contribution in [2.24, 2.45) is 11.7 Å². The van der Waals surface area contributed by atoms with Crippen LogP contribution in [0.25, 0.3) is 0 Å². The number of benzene rings is 3. The van der Waals surface area contributed by atoms with Crippen LogP contribution >= 0.6 is 23.2 Å². The zero-order valence-corrected chi connectivity index (χ0v) is 27.5. The van der Waals surface area contributed by atoms with Crippen molar-refractivity contribution in [2.75, 3.05) is 47.5 Å². The molecule has 0 spiro atoms. The van der Waals surface area contributed by atoms with E-state index in [0.717, 1.165) is 55.7 Å². The van der Waals surface area contributed by atoms with E-state index in [-0.39, 0.29) is 11.8 Å². The summed E-state index contributed by atoms with van der Waals surface area (Å²) < 4.78 is 16.7. The number of piperidine rings is 1. The average Bonchev–Trinajstić information content (AvgIpc) is 3.50. The molecular formula is C35H43Cl2N3O4. The summed E-state index contributed by atoms with van der Waals surface area (Å²) in [6, 6.07) is 20.2. The first-order chi connectivity index (χ1) is 21.2. The van der Waals surface area contributed by atoms with Crippen LogP contribution in [-0.2, 0) is 16.8 Å². The van der Waals surface area contributed by atoms with E-state index >= 15 is 0 Å². The molecule has 0 aliphatic carbocycles. The maximum Gasteiger partial charge on any atom is 0.228 e. The van der Waals surface area contributed by atoms with Crippen molar-refractivity contribution < 1.29 is 19.0 Å². The third-order valence-corrected chi connectivity index (χ3v) is 10.5. The standard InChI is InChI=1S/C35H43Cl2N3O4/c1-5-30(25-13-15-39(21-25)20-23-17-31(42-2)33(44-4)32(18-23)43-3)40-16-14-35(34(38)41,26-9-7-6-8-10-26)27(22-40)24-11-12-28(36)29(37)19-24/h6-12,17-19,25,27,30H,5,13-16,20-22H2,1-4H3,(H2,38,41). The van der Waals surface area contributed by atoms with Crippen molar-refractivity contribution in [3.8, 4) is 17.2 Å². The Balaban J connectivity index is 1.39. The molecule has 2 saturated heterocycles. The molecule has 0 aromatic heterocycles. The Morgan fingerprint density at radius 2 is 1.66 bits per heavy atom. The van der Waals surface area contributed by atoms with Crippen molar-refractivity contribution in [3.63, 3.8) is 0 Å². The molecule has 2 heterocycles. The Bertz CT molecular complexity index is 1430. The van der Waals surface area contributed by atoms with Gasteiger partial charge >= 0.3 is 0 Å². The minimum Gasteiger partial charge on any atom is -0.493 e. The van der Waals surface area contributed by atoms with Crippen LogP contribution in [0.15, 0.2) is 60.7 Å². The number of likely N-dealkylation sites (tertiary alicyclic amines) is 2. The highest BCUT2D eigenvalue weighted by Gasteiger charge is 2.51. The predicted octanol–water partition coefficient (Wildman–Crippen LogP) is 6.53. The van der Waals surface area contributed by atoms with Crippen LogP contribution in [0, 0.1) is 5.92 Å². The van der Waals surface area contributed by atoms with Crippen LogP contribution in [0.5, 0.6) is 17.2 Å². The number of halogens is 2. The normalized spacial score (nSPS) is 23.3. The van der Waals surface area contributed by atoms with E-state index in [9.17, 15) is 4.79 Å². The molecule has 7 nitrogen and oxygen atoms in total. The molecule has 5 rings (SSSR count). The number of methoxy groups -OCH3 is 3. The average molecular weight is 641 g/mol. The van der Waals surface area contributed by atoms with Gasteiger partial charge in [-0.25, -0.2) is 0 Å². The Hall–Kier alpha value is -2.97. The Kier molecular flexibility index (Phi) is 10.3. The number of hydrogen-bond acceptors (Lipinski definition) is 6. The molecule has 44 heavy (non-hydrogen) atoms. The summed E-state index contributed by atoms with van der Waals surface area (Å²) in [7, 11) is 4.91. The van der Waals surface area contributed by atoms with Crippen molar-refractivity contribution in [1.29, 1.82) is 0 Å². The SMILES string of the molecule is CCC(C1CCN(Cc2cc(OC)c(OC)c(OC)c2)C1)N1CCC(C(N)=O)(c2ccccc2)C(c2ccc(Cl)c(Cl)c2)C1. The molecule has 2 aliphatic heterocycles. The minimum atomic E-state index is -0.846. The monoisotopic (exact) mass is 639 g/mol. The van der Waals surface area contributed by atoms with Crippen molar-refractivity contribution in [1.82, 2.24) is 9.80 Å². The summed E-state index contributed by atoms with van der Waals surface area (Å²) in [5.74, 6) is 1.97. The summed E-state index contributed by atoms with van der Waals surface area (Å²) >= 11 is 12.8. The molecule has 1 amide bonds. The maximum absolute atomic E-state index is 13.5. The number of nitrogens with two attached hydrogens (primary N) is 1. The van der Waals surface area contributed by atoms with Crippen LogP contribution in [0.2, 0.25) is 10.0 Å². The number of ether oxygens (including phenoxy) is 3. The minimum absolute atomic E-state index is 0.170. The van der Waals surface area contributed by atoms with Gasteiger partial charge in [0.2, 0.25) is 11.7 Å². The molecule has 2 fully saturated rings. The zero-order valence-electron chi connectivity index (χ0n) is 26.0. The van der Waals surface area contributed by atoms with Crippen LogP contribution in [0.1, 0.15) is 48.8 Å². The fourth-order valence-corrected chi connectivity index (χ4v) is 7.92. The molecule has 2 N–H and O–H groups in total. The van der Waals surface area contributed by atoms with Gasteiger partial charge in [0.25, 0.3) is 0 Å². The summed E-state index contributed by atoms with van der Waals surface area (Å²) in [4.78, 5) is 18.6. The first-order valence-corrected chi connectivity index (χ1v) is 16.1. The first kappa shape index (κ1) is 32.4. The lowest BCUT2D eigenvalue weighted by molar-refractivity contribution is -0.126. The largest absolute Gasteiger partial charge is 0.493 e. The Labute approximate surface area is 271 Å². The molecule has 4 unspecified atom stereocenters. The fourth-order valence-electron chi connectivity index (χ4n) is 7.61. The van der Waals surface area contributed by atoms with Gasteiger partial charge in [0.1, 0.15) is 0 Å². The summed E-state index contributed by atoms with van der Waals surface area (Å²) in [6.45, 7) is 6.57. The van der Waals surface area contributed by atoms with Gasteiger partial charge in [0.05, 0.1) is 36.8 Å². The Morgan fingerprint density at radius 1 is 0.955 bits per heavy atom. The van der Waals surface area contributed by atoms with Crippen LogP contribution in [-0.4, -0.2) is 69.3 Å². The highest BCUT2D eigenvalue weighted by molar-refractivity contribution is 6.42. The second-order valence-electron chi connectivity index (χ2n) is 12.0. The van der Waals surface area contributed by atoms with Crippen molar-refractivity contribution in [2.45, 2.75) is 50.1 Å². The van der Waals surface area contributed by atoms with E-state index in [1.807, 2.05) is 60.7 Å². The number of carbonyl (C=O) groups excluding carboxylic acids is 1. The van der Waals surface area contributed by atoms with E-state index in [1.54, 1.807) is 21.3 Å². The predicted molar refractivity (Wildman–Crippen MR) is 176 cm³/mol. The second-order valence-corrected chi connectivity index (χ2v) is 12.8. The molecule has 3 aromatic rings. The van der Waals surface area contributed by atoms with Crippen molar-refractivity contribution in [3.05, 3.63) is 87.4 Å². The number of primary amides is 1. The molecule has 4 atom stereocenters. The molecule has 3 aromatic carbocycles. The molecular weight excluding hydrogens is 597 g/mol. The van der Waals surface area contributed by atoms with Gasteiger partial charge < -0.3 is 19.9 Å². The van der Waals surface area contributed by atoms with E-state index < -0.39 is 5.41 Å². The smallest absolute Gasteiger partial charge is 0.228 e. The van der Waals surface area contributed by atoms with E-state index in [0.29, 0.717) is 52.2 Å². The molecule has 236 valence electrons. The Morgan fingerprint density at radius 3 is 2.25 bits per heavy atom. The lowest BCUT2D eigenvalue weighted by Crippen LogP contribution is -2.58. The number of carbonyl (C=O) groups is 1. The number of rotatable bonds is 11. The summed E-state index contributed by atoms with van der Waals surface area (Å²) in [6.07, 6.45) is 2.76. The van der Waals surface area contributed by atoms with Gasteiger partial charge in [-0.2, -0.15) is 0 Å². The zero-order chi connectivity index (χ0) is 31.4. The fraction of sp³-hybridized carbons (Fsp3) is 0.457. The topological polar surface area (TPSA) is 77.3 Å².